The second-order valence-corrected chi connectivity index (χ2v) is 5.47. The van der Waals surface area contributed by atoms with Gasteiger partial charge in [-0.1, -0.05) is 23.2 Å². The van der Waals surface area contributed by atoms with Crippen molar-refractivity contribution in [1.82, 2.24) is 10.3 Å². The SMILES string of the molecule is CNCc1nc(COc2cc(Cl)cc(Cl)c2)cs1. The molecule has 2 aromatic rings. The second-order valence-electron chi connectivity index (χ2n) is 3.66. The van der Waals surface area contributed by atoms with E-state index < -0.39 is 0 Å². The van der Waals surface area contributed by atoms with Crippen molar-refractivity contribution in [2.24, 2.45) is 0 Å². The molecular formula is C12H12Cl2N2OS. The highest BCUT2D eigenvalue weighted by atomic mass is 35.5. The van der Waals surface area contributed by atoms with Crippen LogP contribution in [0, 0.1) is 0 Å². The predicted molar refractivity (Wildman–Crippen MR) is 75.7 cm³/mol. The summed E-state index contributed by atoms with van der Waals surface area (Å²) in [4.78, 5) is 4.42. The first-order valence-corrected chi connectivity index (χ1v) is 6.97. The number of hydrogen-bond acceptors (Lipinski definition) is 4. The van der Waals surface area contributed by atoms with Gasteiger partial charge in [0.2, 0.25) is 0 Å². The Labute approximate surface area is 120 Å². The number of ether oxygens (including phenoxy) is 1. The van der Waals surface area contributed by atoms with E-state index in [0.717, 1.165) is 17.2 Å². The van der Waals surface area contributed by atoms with Gasteiger partial charge in [-0.3, -0.25) is 0 Å². The van der Waals surface area contributed by atoms with E-state index in [9.17, 15) is 0 Å². The van der Waals surface area contributed by atoms with Crippen molar-refractivity contribution in [3.05, 3.63) is 44.3 Å². The van der Waals surface area contributed by atoms with Crippen molar-refractivity contribution < 1.29 is 4.74 Å². The van der Waals surface area contributed by atoms with Gasteiger partial charge in [-0.25, -0.2) is 4.98 Å². The fourth-order valence-electron chi connectivity index (χ4n) is 1.42. The number of benzene rings is 1. The monoisotopic (exact) mass is 302 g/mol. The highest BCUT2D eigenvalue weighted by Crippen LogP contribution is 2.25. The van der Waals surface area contributed by atoms with Gasteiger partial charge in [0.1, 0.15) is 17.4 Å². The van der Waals surface area contributed by atoms with Crippen LogP contribution in [-0.4, -0.2) is 12.0 Å². The van der Waals surface area contributed by atoms with Gasteiger partial charge in [0.15, 0.2) is 0 Å². The van der Waals surface area contributed by atoms with Crippen molar-refractivity contribution in [2.45, 2.75) is 13.2 Å². The third-order valence-electron chi connectivity index (χ3n) is 2.15. The molecule has 1 N–H and O–H groups in total. The van der Waals surface area contributed by atoms with Crippen molar-refractivity contribution >= 4 is 34.5 Å². The van der Waals surface area contributed by atoms with Crippen LogP contribution in [0.3, 0.4) is 0 Å². The van der Waals surface area contributed by atoms with Gasteiger partial charge in [0.05, 0.1) is 5.69 Å². The van der Waals surface area contributed by atoms with Crippen molar-refractivity contribution in [2.75, 3.05) is 7.05 Å². The number of hydrogen-bond donors (Lipinski definition) is 1. The molecule has 1 aromatic heterocycles. The van der Waals surface area contributed by atoms with E-state index in [1.165, 1.54) is 0 Å². The normalized spacial score (nSPS) is 10.6. The zero-order chi connectivity index (χ0) is 13.0. The summed E-state index contributed by atoms with van der Waals surface area (Å²) in [5.74, 6) is 0.649. The summed E-state index contributed by atoms with van der Waals surface area (Å²) in [6, 6.07) is 5.13. The van der Waals surface area contributed by atoms with Crippen LogP contribution in [0.15, 0.2) is 23.6 Å². The van der Waals surface area contributed by atoms with E-state index in [1.54, 1.807) is 29.5 Å². The molecule has 0 amide bonds. The number of rotatable bonds is 5. The summed E-state index contributed by atoms with van der Waals surface area (Å²) in [6.07, 6.45) is 0. The Bertz CT molecular complexity index is 510. The number of thiazole rings is 1. The lowest BCUT2D eigenvalue weighted by Gasteiger charge is -2.05. The zero-order valence-corrected chi connectivity index (χ0v) is 12.1. The second kappa shape index (κ2) is 6.38. The number of aromatic nitrogens is 1. The van der Waals surface area contributed by atoms with Crippen LogP contribution in [-0.2, 0) is 13.2 Å². The molecule has 0 radical (unpaired) electrons. The Balaban J connectivity index is 1.97. The number of nitrogens with one attached hydrogen (secondary N) is 1. The molecule has 0 bridgehead atoms. The third-order valence-corrected chi connectivity index (χ3v) is 3.48. The largest absolute Gasteiger partial charge is 0.487 e. The molecule has 0 aliphatic rings. The fourth-order valence-corrected chi connectivity index (χ4v) is 2.71. The summed E-state index contributed by atoms with van der Waals surface area (Å²) < 4.78 is 5.60. The molecule has 0 saturated heterocycles. The molecule has 1 aromatic carbocycles. The summed E-state index contributed by atoms with van der Waals surface area (Å²) in [7, 11) is 1.89. The topological polar surface area (TPSA) is 34.2 Å². The minimum Gasteiger partial charge on any atom is -0.487 e. The van der Waals surface area contributed by atoms with Gasteiger partial charge < -0.3 is 10.1 Å². The lowest BCUT2D eigenvalue weighted by atomic mass is 10.3. The molecule has 0 aliphatic heterocycles. The van der Waals surface area contributed by atoms with Crippen LogP contribution >= 0.6 is 34.5 Å². The lowest BCUT2D eigenvalue weighted by molar-refractivity contribution is 0.302. The molecule has 0 fully saturated rings. The van der Waals surface area contributed by atoms with E-state index in [0.29, 0.717) is 22.4 Å². The lowest BCUT2D eigenvalue weighted by Crippen LogP contribution is -2.05. The average molecular weight is 303 g/mol. The van der Waals surface area contributed by atoms with Crippen LogP contribution in [0.2, 0.25) is 10.0 Å². The average Bonchev–Trinajstić information content (AvgIpc) is 2.74. The Morgan fingerprint density at radius 3 is 2.67 bits per heavy atom. The minimum absolute atomic E-state index is 0.414. The van der Waals surface area contributed by atoms with E-state index in [4.69, 9.17) is 27.9 Å². The standard InChI is InChI=1S/C12H12Cl2N2OS/c1-15-5-12-16-10(7-18-12)6-17-11-3-8(13)2-9(14)4-11/h2-4,7,15H,5-6H2,1H3. The van der Waals surface area contributed by atoms with Gasteiger partial charge in [0, 0.05) is 22.0 Å². The maximum atomic E-state index is 5.89. The number of halogens is 2. The molecule has 6 heteroatoms. The van der Waals surface area contributed by atoms with Crippen LogP contribution < -0.4 is 10.1 Å². The molecule has 96 valence electrons. The third kappa shape index (κ3) is 3.85. The summed E-state index contributed by atoms with van der Waals surface area (Å²) in [6.45, 7) is 1.19. The van der Waals surface area contributed by atoms with Crippen molar-refractivity contribution in [1.29, 1.82) is 0 Å². The molecule has 1 heterocycles. The molecule has 0 spiro atoms. The highest BCUT2D eigenvalue weighted by molar-refractivity contribution is 7.09. The van der Waals surface area contributed by atoms with Gasteiger partial charge in [-0.15, -0.1) is 11.3 Å². The minimum atomic E-state index is 0.414. The Morgan fingerprint density at radius 1 is 1.28 bits per heavy atom. The van der Waals surface area contributed by atoms with E-state index in [2.05, 4.69) is 10.3 Å². The van der Waals surface area contributed by atoms with E-state index >= 15 is 0 Å². The summed E-state index contributed by atoms with van der Waals surface area (Å²) in [5, 5.41) is 7.21. The molecule has 2 rings (SSSR count). The fraction of sp³-hybridized carbons (Fsp3) is 0.250. The Kier molecular flexibility index (Phi) is 4.83. The Hall–Kier alpha value is -0.810. The molecule has 0 saturated carbocycles. The van der Waals surface area contributed by atoms with Crippen LogP contribution in [0.4, 0.5) is 0 Å². The molecule has 18 heavy (non-hydrogen) atoms. The first-order chi connectivity index (χ1) is 8.67. The maximum Gasteiger partial charge on any atom is 0.131 e. The summed E-state index contributed by atoms with van der Waals surface area (Å²) in [5.41, 5.74) is 0.904. The first-order valence-electron chi connectivity index (χ1n) is 5.34. The summed E-state index contributed by atoms with van der Waals surface area (Å²) >= 11 is 13.4. The van der Waals surface area contributed by atoms with E-state index in [1.807, 2.05) is 12.4 Å². The molecule has 3 nitrogen and oxygen atoms in total. The van der Waals surface area contributed by atoms with Crippen molar-refractivity contribution in [3.63, 3.8) is 0 Å². The van der Waals surface area contributed by atoms with Gasteiger partial charge in [0.25, 0.3) is 0 Å². The van der Waals surface area contributed by atoms with Crippen LogP contribution in [0.25, 0.3) is 0 Å². The molecular weight excluding hydrogens is 291 g/mol. The van der Waals surface area contributed by atoms with Crippen LogP contribution in [0.5, 0.6) is 5.75 Å². The molecule has 0 aliphatic carbocycles. The molecule has 0 atom stereocenters. The predicted octanol–water partition coefficient (Wildman–Crippen LogP) is 3.75. The van der Waals surface area contributed by atoms with Gasteiger partial charge >= 0.3 is 0 Å². The van der Waals surface area contributed by atoms with E-state index in [-0.39, 0.29) is 0 Å². The zero-order valence-electron chi connectivity index (χ0n) is 9.74. The van der Waals surface area contributed by atoms with Gasteiger partial charge in [-0.05, 0) is 25.2 Å². The molecule has 0 unspecified atom stereocenters. The van der Waals surface area contributed by atoms with Crippen molar-refractivity contribution in [3.8, 4) is 5.75 Å². The maximum absolute atomic E-state index is 5.89. The smallest absolute Gasteiger partial charge is 0.131 e. The van der Waals surface area contributed by atoms with Crippen LogP contribution in [0.1, 0.15) is 10.7 Å². The Morgan fingerprint density at radius 2 is 2.00 bits per heavy atom. The van der Waals surface area contributed by atoms with Gasteiger partial charge in [-0.2, -0.15) is 0 Å². The first kappa shape index (κ1) is 13.6. The number of nitrogens with zero attached hydrogens (tertiary/aromatic N) is 1. The quantitative estimate of drug-likeness (QED) is 0.913. The highest BCUT2D eigenvalue weighted by Gasteiger charge is 2.03.